The Labute approximate surface area is 110 Å². The maximum Gasteiger partial charge on any atom is 0.332 e. The molecule has 0 amide bonds. The van der Waals surface area contributed by atoms with E-state index in [-0.39, 0.29) is 11.6 Å². The fraction of sp³-hybridized carbons (Fsp3) is 0.417. The highest BCUT2D eigenvalue weighted by atomic mass is 35.5. The molecule has 1 aromatic rings. The zero-order chi connectivity index (χ0) is 13.4. The number of hydrogen-bond acceptors (Lipinski definition) is 4. The van der Waals surface area contributed by atoms with Crippen LogP contribution in [0.5, 0.6) is 0 Å². The van der Waals surface area contributed by atoms with Crippen LogP contribution in [0, 0.1) is 5.82 Å². The second-order valence-corrected chi connectivity index (χ2v) is 3.82. The Bertz CT molecular complexity index is 401. The molecule has 0 fully saturated rings. The van der Waals surface area contributed by atoms with Crippen molar-refractivity contribution < 1.29 is 18.7 Å². The van der Waals surface area contributed by atoms with E-state index in [1.807, 2.05) is 0 Å². The van der Waals surface area contributed by atoms with Crippen LogP contribution in [-0.4, -0.2) is 32.3 Å². The Balaban J connectivity index is 2.18. The van der Waals surface area contributed by atoms with Crippen molar-refractivity contribution in [2.75, 3.05) is 31.7 Å². The molecule has 0 bridgehead atoms. The van der Waals surface area contributed by atoms with E-state index in [1.54, 1.807) is 13.0 Å². The highest BCUT2D eigenvalue weighted by molar-refractivity contribution is 6.30. The molecule has 0 aliphatic carbocycles. The number of hydrogen-bond donors (Lipinski definition) is 1. The molecule has 0 heterocycles. The molecule has 0 aromatic heterocycles. The average molecular weight is 276 g/mol. The summed E-state index contributed by atoms with van der Waals surface area (Å²) in [7, 11) is 0. The van der Waals surface area contributed by atoms with E-state index in [1.165, 1.54) is 12.1 Å². The quantitative estimate of drug-likeness (QED) is 0.613. The van der Waals surface area contributed by atoms with Crippen LogP contribution in [-0.2, 0) is 14.3 Å². The lowest BCUT2D eigenvalue weighted by molar-refractivity contribution is -0.148. The van der Waals surface area contributed by atoms with Crippen LogP contribution in [0.4, 0.5) is 10.1 Å². The summed E-state index contributed by atoms with van der Waals surface area (Å²) >= 11 is 5.55. The molecule has 4 nitrogen and oxygen atoms in total. The number of benzene rings is 1. The summed E-state index contributed by atoms with van der Waals surface area (Å²) in [5.74, 6) is -0.871. The first-order valence-electron chi connectivity index (χ1n) is 5.55. The highest BCUT2D eigenvalue weighted by Gasteiger charge is 2.02. The topological polar surface area (TPSA) is 47.6 Å². The summed E-state index contributed by atoms with van der Waals surface area (Å²) in [4.78, 5) is 10.9. The normalized spacial score (nSPS) is 10.2. The first-order valence-corrected chi connectivity index (χ1v) is 5.93. The van der Waals surface area contributed by atoms with Gasteiger partial charge in [0, 0.05) is 12.2 Å². The van der Waals surface area contributed by atoms with Crippen LogP contribution < -0.4 is 5.32 Å². The molecule has 18 heavy (non-hydrogen) atoms. The monoisotopic (exact) mass is 275 g/mol. The lowest BCUT2D eigenvalue weighted by Crippen LogP contribution is -2.16. The van der Waals surface area contributed by atoms with Crippen molar-refractivity contribution in [1.29, 1.82) is 0 Å². The zero-order valence-corrected chi connectivity index (χ0v) is 10.8. The Morgan fingerprint density at radius 3 is 2.94 bits per heavy atom. The van der Waals surface area contributed by atoms with E-state index in [0.717, 1.165) is 0 Å². The van der Waals surface area contributed by atoms with Gasteiger partial charge >= 0.3 is 5.97 Å². The molecule has 0 aliphatic heterocycles. The molecule has 100 valence electrons. The predicted molar refractivity (Wildman–Crippen MR) is 67.4 cm³/mol. The van der Waals surface area contributed by atoms with Gasteiger partial charge in [0.2, 0.25) is 0 Å². The zero-order valence-electron chi connectivity index (χ0n) is 10.0. The molecular formula is C12H15ClFNO3. The third kappa shape index (κ3) is 5.33. The van der Waals surface area contributed by atoms with Crippen LogP contribution in [0.15, 0.2) is 18.2 Å². The minimum atomic E-state index is -0.478. The molecule has 0 saturated carbocycles. The van der Waals surface area contributed by atoms with Gasteiger partial charge in [-0.05, 0) is 25.1 Å². The van der Waals surface area contributed by atoms with Crippen molar-refractivity contribution in [3.63, 3.8) is 0 Å². The van der Waals surface area contributed by atoms with Crippen LogP contribution in [0.2, 0.25) is 5.02 Å². The second kappa shape index (κ2) is 7.89. The van der Waals surface area contributed by atoms with E-state index < -0.39 is 11.8 Å². The number of rotatable bonds is 7. The summed E-state index contributed by atoms with van der Waals surface area (Å²) < 4.78 is 22.8. The van der Waals surface area contributed by atoms with Crippen molar-refractivity contribution in [3.8, 4) is 0 Å². The van der Waals surface area contributed by atoms with Crippen LogP contribution >= 0.6 is 11.6 Å². The maximum atomic E-state index is 13.1. The fourth-order valence-electron chi connectivity index (χ4n) is 1.23. The first kappa shape index (κ1) is 14.7. The van der Waals surface area contributed by atoms with E-state index in [2.05, 4.69) is 10.1 Å². The summed E-state index contributed by atoms with van der Waals surface area (Å²) in [5, 5.41) is 3.03. The number of esters is 1. The second-order valence-electron chi connectivity index (χ2n) is 3.41. The number of carbonyl (C=O) groups excluding carboxylic acids is 1. The van der Waals surface area contributed by atoms with E-state index in [0.29, 0.717) is 25.4 Å². The van der Waals surface area contributed by atoms with Gasteiger partial charge in [0.1, 0.15) is 12.4 Å². The third-order valence-electron chi connectivity index (χ3n) is 2.02. The van der Waals surface area contributed by atoms with Gasteiger partial charge in [-0.3, -0.25) is 0 Å². The summed E-state index contributed by atoms with van der Waals surface area (Å²) in [5.41, 5.74) is 0.608. The Kier molecular flexibility index (Phi) is 6.46. The van der Waals surface area contributed by atoms with Gasteiger partial charge < -0.3 is 14.8 Å². The van der Waals surface area contributed by atoms with Crippen molar-refractivity contribution in [1.82, 2.24) is 0 Å². The molecule has 1 aromatic carbocycles. The highest BCUT2D eigenvalue weighted by Crippen LogP contribution is 2.18. The van der Waals surface area contributed by atoms with Crippen LogP contribution in [0.1, 0.15) is 6.92 Å². The first-order chi connectivity index (χ1) is 8.63. The number of ether oxygens (including phenoxy) is 2. The van der Waals surface area contributed by atoms with Crippen LogP contribution in [0.25, 0.3) is 0 Å². The summed E-state index contributed by atoms with van der Waals surface area (Å²) in [6, 6.07) is 4.43. The predicted octanol–water partition coefficient (Wildman–Crippen LogP) is 2.47. The van der Waals surface area contributed by atoms with Crippen molar-refractivity contribution in [2.45, 2.75) is 6.92 Å². The average Bonchev–Trinajstić information content (AvgIpc) is 2.33. The molecule has 0 spiro atoms. The van der Waals surface area contributed by atoms with Crippen molar-refractivity contribution in [3.05, 3.63) is 29.0 Å². The number of carbonyl (C=O) groups is 1. The van der Waals surface area contributed by atoms with Gasteiger partial charge in [0.05, 0.1) is 18.2 Å². The largest absolute Gasteiger partial charge is 0.464 e. The SMILES string of the molecule is CCOC(=O)COCCNc1ccc(Cl)c(F)c1. The molecule has 6 heteroatoms. The molecule has 0 unspecified atom stereocenters. The minimum absolute atomic E-state index is 0.0789. The van der Waals surface area contributed by atoms with E-state index >= 15 is 0 Å². The molecule has 1 N–H and O–H groups in total. The minimum Gasteiger partial charge on any atom is -0.464 e. The van der Waals surface area contributed by atoms with Gasteiger partial charge in [-0.2, -0.15) is 0 Å². The van der Waals surface area contributed by atoms with Crippen LogP contribution in [0.3, 0.4) is 0 Å². The summed E-state index contributed by atoms with van der Waals surface area (Å²) in [6.07, 6.45) is 0. The Morgan fingerprint density at radius 2 is 2.28 bits per heavy atom. The standard InChI is InChI=1S/C12H15ClFNO3/c1-2-18-12(16)8-17-6-5-15-9-3-4-10(13)11(14)7-9/h3-4,7,15H,2,5-6,8H2,1H3. The van der Waals surface area contributed by atoms with E-state index in [4.69, 9.17) is 16.3 Å². The summed E-state index contributed by atoms with van der Waals surface area (Å²) in [6.45, 7) is 2.77. The third-order valence-corrected chi connectivity index (χ3v) is 2.33. The van der Waals surface area contributed by atoms with Gasteiger partial charge in [-0.25, -0.2) is 9.18 Å². The fourth-order valence-corrected chi connectivity index (χ4v) is 1.35. The van der Waals surface area contributed by atoms with Gasteiger partial charge in [-0.15, -0.1) is 0 Å². The number of nitrogens with one attached hydrogen (secondary N) is 1. The van der Waals surface area contributed by atoms with Crippen molar-refractivity contribution in [2.24, 2.45) is 0 Å². The Hall–Kier alpha value is -1.33. The smallest absolute Gasteiger partial charge is 0.332 e. The van der Waals surface area contributed by atoms with Gasteiger partial charge in [0.15, 0.2) is 0 Å². The van der Waals surface area contributed by atoms with E-state index in [9.17, 15) is 9.18 Å². The molecule has 0 radical (unpaired) electrons. The number of halogens is 2. The van der Waals surface area contributed by atoms with Gasteiger partial charge in [0.25, 0.3) is 0 Å². The molecular weight excluding hydrogens is 261 g/mol. The lowest BCUT2D eigenvalue weighted by atomic mass is 10.3. The lowest BCUT2D eigenvalue weighted by Gasteiger charge is -2.07. The molecule has 1 rings (SSSR count). The van der Waals surface area contributed by atoms with Gasteiger partial charge in [-0.1, -0.05) is 11.6 Å². The molecule has 0 atom stereocenters. The molecule has 0 aliphatic rings. The Morgan fingerprint density at radius 1 is 1.50 bits per heavy atom. The number of anilines is 1. The maximum absolute atomic E-state index is 13.1. The molecule has 0 saturated heterocycles. The van der Waals surface area contributed by atoms with Crippen molar-refractivity contribution >= 4 is 23.3 Å².